The first-order chi connectivity index (χ1) is 11.3. The molecule has 0 spiro atoms. The highest BCUT2D eigenvalue weighted by atomic mass is 16.5. The van der Waals surface area contributed by atoms with Crippen LogP contribution >= 0.6 is 0 Å². The normalized spacial score (nSPS) is 16.3. The monoisotopic (exact) mass is 315 g/mol. The molecule has 0 fully saturated rings. The van der Waals surface area contributed by atoms with Crippen LogP contribution in [0.5, 0.6) is 0 Å². The first-order valence-corrected chi connectivity index (χ1v) is 7.91. The van der Waals surface area contributed by atoms with Gasteiger partial charge in [0, 0.05) is 26.5 Å². The van der Waals surface area contributed by atoms with Crippen LogP contribution in [0.25, 0.3) is 0 Å². The Hall–Kier alpha value is -2.21. The van der Waals surface area contributed by atoms with Crippen molar-refractivity contribution in [2.24, 2.45) is 0 Å². The zero-order valence-electron chi connectivity index (χ0n) is 13.2. The lowest BCUT2D eigenvalue weighted by molar-refractivity contribution is -0.121. The van der Waals surface area contributed by atoms with Gasteiger partial charge in [0.2, 0.25) is 11.8 Å². The maximum Gasteiger partial charge on any atom is 0.228 e. The number of fused-ring (bicyclic) bond motifs is 1. The van der Waals surface area contributed by atoms with Crippen LogP contribution in [0.2, 0.25) is 0 Å². The molecule has 1 amide bonds. The number of aryl methyl sites for hydroxylation is 1. The fourth-order valence-corrected chi connectivity index (χ4v) is 3.04. The maximum absolute atomic E-state index is 12.1. The Balaban J connectivity index is 1.43. The van der Waals surface area contributed by atoms with Crippen LogP contribution in [0.3, 0.4) is 0 Å². The van der Waals surface area contributed by atoms with Gasteiger partial charge in [0.15, 0.2) is 5.82 Å². The minimum Gasteiger partial charge on any atom is -0.377 e. The Kier molecular flexibility index (Phi) is 5.02. The molecule has 6 heteroatoms. The molecule has 1 aromatic carbocycles. The van der Waals surface area contributed by atoms with E-state index in [4.69, 9.17) is 9.26 Å². The summed E-state index contributed by atoms with van der Waals surface area (Å²) in [6.45, 7) is 0.832. The third-order valence-electron chi connectivity index (χ3n) is 4.13. The molecule has 0 aliphatic heterocycles. The van der Waals surface area contributed by atoms with E-state index >= 15 is 0 Å². The van der Waals surface area contributed by atoms with E-state index in [1.807, 2.05) is 6.07 Å². The average molecular weight is 315 g/mol. The summed E-state index contributed by atoms with van der Waals surface area (Å²) in [6, 6.07) is 8.39. The molecule has 23 heavy (non-hydrogen) atoms. The van der Waals surface area contributed by atoms with Crippen molar-refractivity contribution in [3.63, 3.8) is 0 Å². The lowest BCUT2D eigenvalue weighted by Crippen LogP contribution is -2.26. The highest BCUT2D eigenvalue weighted by Crippen LogP contribution is 2.34. The minimum absolute atomic E-state index is 0.0725. The van der Waals surface area contributed by atoms with Gasteiger partial charge in [-0.2, -0.15) is 4.98 Å². The van der Waals surface area contributed by atoms with Gasteiger partial charge in [-0.25, -0.2) is 0 Å². The predicted octanol–water partition coefficient (Wildman–Crippen LogP) is 1.99. The number of benzene rings is 1. The first kappa shape index (κ1) is 15.7. The molecule has 0 radical (unpaired) electrons. The SMILES string of the molecule is COCc1noc(CCNC(=O)C[C@H]2CCc3ccccc32)n1. The molecule has 0 bridgehead atoms. The van der Waals surface area contributed by atoms with E-state index in [1.165, 1.54) is 11.1 Å². The van der Waals surface area contributed by atoms with E-state index in [0.717, 1.165) is 12.8 Å². The number of amides is 1. The van der Waals surface area contributed by atoms with Crippen LogP contribution in [0.15, 0.2) is 28.8 Å². The van der Waals surface area contributed by atoms with Crippen LogP contribution in [0, 0.1) is 0 Å². The molecule has 6 nitrogen and oxygen atoms in total. The van der Waals surface area contributed by atoms with Gasteiger partial charge in [0.1, 0.15) is 6.61 Å². The van der Waals surface area contributed by atoms with E-state index in [1.54, 1.807) is 7.11 Å². The van der Waals surface area contributed by atoms with Crippen molar-refractivity contribution in [3.05, 3.63) is 47.1 Å². The van der Waals surface area contributed by atoms with Crippen molar-refractivity contribution in [2.75, 3.05) is 13.7 Å². The summed E-state index contributed by atoms with van der Waals surface area (Å²) in [6.07, 6.45) is 3.19. The third kappa shape index (κ3) is 3.96. The number of carbonyl (C=O) groups is 1. The largest absolute Gasteiger partial charge is 0.377 e. The van der Waals surface area contributed by atoms with Gasteiger partial charge in [0.25, 0.3) is 0 Å². The molecule has 0 saturated carbocycles. The number of aromatic nitrogens is 2. The van der Waals surface area contributed by atoms with Gasteiger partial charge in [-0.05, 0) is 29.9 Å². The summed E-state index contributed by atoms with van der Waals surface area (Å²) in [7, 11) is 1.58. The number of ether oxygens (including phenoxy) is 1. The second kappa shape index (κ2) is 7.37. The smallest absolute Gasteiger partial charge is 0.228 e. The van der Waals surface area contributed by atoms with Crippen molar-refractivity contribution >= 4 is 5.91 Å². The Morgan fingerprint density at radius 3 is 3.17 bits per heavy atom. The summed E-state index contributed by atoms with van der Waals surface area (Å²) >= 11 is 0. The van der Waals surface area contributed by atoms with Crippen molar-refractivity contribution < 1.29 is 14.1 Å². The molecule has 2 aromatic rings. The highest BCUT2D eigenvalue weighted by molar-refractivity contribution is 5.77. The van der Waals surface area contributed by atoms with Crippen LogP contribution in [-0.2, 0) is 29.0 Å². The maximum atomic E-state index is 12.1. The topological polar surface area (TPSA) is 77.3 Å². The summed E-state index contributed by atoms with van der Waals surface area (Å²) < 4.78 is 10.0. The Bertz CT molecular complexity index is 669. The van der Waals surface area contributed by atoms with Gasteiger partial charge in [-0.1, -0.05) is 29.4 Å². The fourth-order valence-electron chi connectivity index (χ4n) is 3.04. The molecule has 1 heterocycles. The summed E-state index contributed by atoms with van der Waals surface area (Å²) in [5, 5.41) is 6.72. The standard InChI is InChI=1S/C17H21N3O3/c1-22-11-15-19-17(23-20-15)8-9-18-16(21)10-13-7-6-12-4-2-3-5-14(12)13/h2-5,13H,6-11H2,1H3,(H,18,21)/t13-/m1/s1. The number of hydrogen-bond acceptors (Lipinski definition) is 5. The van der Waals surface area contributed by atoms with Crippen LogP contribution < -0.4 is 5.32 Å². The van der Waals surface area contributed by atoms with E-state index < -0.39 is 0 Å². The molecule has 1 aromatic heterocycles. The number of carbonyl (C=O) groups excluding carboxylic acids is 1. The fraction of sp³-hybridized carbons (Fsp3) is 0.471. The van der Waals surface area contributed by atoms with E-state index in [2.05, 4.69) is 33.7 Å². The second-order valence-electron chi connectivity index (χ2n) is 5.78. The quantitative estimate of drug-likeness (QED) is 0.845. The molecule has 1 aliphatic rings. The zero-order chi connectivity index (χ0) is 16.1. The van der Waals surface area contributed by atoms with Crippen LogP contribution in [0.4, 0.5) is 0 Å². The van der Waals surface area contributed by atoms with Crippen LogP contribution in [-0.4, -0.2) is 29.7 Å². The number of nitrogens with zero attached hydrogens (tertiary/aromatic N) is 2. The Morgan fingerprint density at radius 1 is 1.43 bits per heavy atom. The molecular weight excluding hydrogens is 294 g/mol. The van der Waals surface area contributed by atoms with Gasteiger partial charge in [-0.3, -0.25) is 4.79 Å². The summed E-state index contributed by atoms with van der Waals surface area (Å²) in [4.78, 5) is 16.3. The molecule has 0 unspecified atom stereocenters. The van der Waals surface area contributed by atoms with Crippen molar-refractivity contribution in [2.45, 2.75) is 38.2 Å². The van der Waals surface area contributed by atoms with Gasteiger partial charge in [-0.15, -0.1) is 0 Å². The Morgan fingerprint density at radius 2 is 2.30 bits per heavy atom. The van der Waals surface area contributed by atoms with Crippen LogP contribution in [0.1, 0.15) is 41.6 Å². The molecule has 0 saturated heterocycles. The number of hydrogen-bond donors (Lipinski definition) is 1. The van der Waals surface area contributed by atoms with Crippen molar-refractivity contribution in [3.8, 4) is 0 Å². The second-order valence-corrected chi connectivity index (χ2v) is 5.78. The minimum atomic E-state index is 0.0725. The number of methoxy groups -OCH3 is 1. The highest BCUT2D eigenvalue weighted by Gasteiger charge is 2.24. The average Bonchev–Trinajstić information content (AvgIpc) is 3.16. The first-order valence-electron chi connectivity index (χ1n) is 7.91. The van der Waals surface area contributed by atoms with Gasteiger partial charge >= 0.3 is 0 Å². The molecule has 1 aliphatic carbocycles. The lowest BCUT2D eigenvalue weighted by atomic mass is 9.97. The van der Waals surface area contributed by atoms with Crippen molar-refractivity contribution in [1.82, 2.24) is 15.5 Å². The number of rotatable bonds is 7. The lowest BCUT2D eigenvalue weighted by Gasteiger charge is -2.11. The Labute approximate surface area is 135 Å². The van der Waals surface area contributed by atoms with Gasteiger partial charge in [0.05, 0.1) is 0 Å². The summed E-state index contributed by atoms with van der Waals surface area (Å²) in [5.74, 6) is 1.45. The third-order valence-corrected chi connectivity index (χ3v) is 4.13. The number of nitrogens with one attached hydrogen (secondary N) is 1. The predicted molar refractivity (Wildman–Crippen MR) is 83.8 cm³/mol. The summed E-state index contributed by atoms with van der Waals surface area (Å²) in [5.41, 5.74) is 2.70. The van der Waals surface area contributed by atoms with E-state index in [9.17, 15) is 4.79 Å². The molecular formula is C17H21N3O3. The van der Waals surface area contributed by atoms with E-state index in [-0.39, 0.29) is 5.91 Å². The van der Waals surface area contributed by atoms with Crippen molar-refractivity contribution in [1.29, 1.82) is 0 Å². The van der Waals surface area contributed by atoms with E-state index in [0.29, 0.717) is 43.6 Å². The van der Waals surface area contributed by atoms with Gasteiger partial charge < -0.3 is 14.6 Å². The molecule has 122 valence electrons. The zero-order valence-corrected chi connectivity index (χ0v) is 13.2. The molecule has 1 atom stereocenters. The molecule has 1 N–H and O–H groups in total. The molecule has 3 rings (SSSR count).